The molecule has 2 aromatic carbocycles. The summed E-state index contributed by atoms with van der Waals surface area (Å²) in [6.07, 6.45) is 0. The molecule has 1 heterocycles. The minimum Gasteiger partial charge on any atom is -0.486 e. The van der Waals surface area contributed by atoms with Gasteiger partial charge >= 0.3 is 5.91 Å². The first-order chi connectivity index (χ1) is 15.4. The fourth-order valence-electron chi connectivity index (χ4n) is 2.50. The van der Waals surface area contributed by atoms with Gasteiger partial charge in [-0.2, -0.15) is 0 Å². The molecule has 0 atom stereocenters. The summed E-state index contributed by atoms with van der Waals surface area (Å²) in [4.78, 5) is 46.1. The molecule has 0 bridgehead atoms. The van der Waals surface area contributed by atoms with E-state index >= 15 is 0 Å². The lowest BCUT2D eigenvalue weighted by molar-refractivity contribution is -0.384. The van der Waals surface area contributed by atoms with Crippen molar-refractivity contribution in [3.63, 3.8) is 0 Å². The van der Waals surface area contributed by atoms with Gasteiger partial charge in [0.05, 0.1) is 11.5 Å². The molecule has 0 saturated carbocycles. The molecule has 0 aliphatic rings. The van der Waals surface area contributed by atoms with E-state index in [0.29, 0.717) is 11.5 Å². The molecule has 0 fully saturated rings. The summed E-state index contributed by atoms with van der Waals surface area (Å²) in [5.41, 5.74) is 4.07. The van der Waals surface area contributed by atoms with E-state index in [1.54, 1.807) is 18.2 Å². The van der Waals surface area contributed by atoms with Crippen LogP contribution in [0.1, 0.15) is 26.7 Å². The van der Waals surface area contributed by atoms with Crippen LogP contribution in [0.15, 0.2) is 71.1 Å². The summed E-state index contributed by atoms with van der Waals surface area (Å²) in [5, 5.41) is 13.1. The van der Waals surface area contributed by atoms with E-state index in [1.807, 2.05) is 18.2 Å². The molecule has 11 nitrogen and oxygen atoms in total. The molecule has 11 heteroatoms. The third-order valence-electron chi connectivity index (χ3n) is 4.05. The predicted octanol–water partition coefficient (Wildman–Crippen LogP) is 1.96. The Hall–Kier alpha value is -4.67. The topological polar surface area (TPSA) is 153 Å². The zero-order valence-electron chi connectivity index (χ0n) is 16.6. The first-order valence-electron chi connectivity index (χ1n) is 9.31. The Kier molecular flexibility index (Phi) is 7.15. The van der Waals surface area contributed by atoms with E-state index in [2.05, 4.69) is 16.2 Å². The van der Waals surface area contributed by atoms with Crippen LogP contribution < -0.4 is 20.9 Å². The van der Waals surface area contributed by atoms with Crippen LogP contribution in [-0.2, 0) is 11.4 Å². The van der Waals surface area contributed by atoms with Crippen LogP contribution in [0.5, 0.6) is 5.75 Å². The number of nitrogens with one attached hydrogen (secondary N) is 3. The van der Waals surface area contributed by atoms with Gasteiger partial charge in [-0.05, 0) is 30.3 Å². The normalized spacial score (nSPS) is 10.1. The summed E-state index contributed by atoms with van der Waals surface area (Å²) in [5.74, 6) is -1.07. The number of hydrogen-bond acceptors (Lipinski definition) is 7. The van der Waals surface area contributed by atoms with Gasteiger partial charge in [-0.15, -0.1) is 0 Å². The van der Waals surface area contributed by atoms with Crippen molar-refractivity contribution in [2.45, 2.75) is 6.61 Å². The highest BCUT2D eigenvalue weighted by Crippen LogP contribution is 2.14. The number of nitrogens with zero attached hydrogens (tertiary/aromatic N) is 1. The van der Waals surface area contributed by atoms with Gasteiger partial charge in [-0.25, -0.2) is 0 Å². The van der Waals surface area contributed by atoms with Crippen LogP contribution in [0.3, 0.4) is 0 Å². The third kappa shape index (κ3) is 6.16. The van der Waals surface area contributed by atoms with Gasteiger partial charge in [0.25, 0.3) is 17.5 Å². The summed E-state index contributed by atoms with van der Waals surface area (Å²) in [6, 6.07) is 17.1. The van der Waals surface area contributed by atoms with Gasteiger partial charge in [0.1, 0.15) is 18.1 Å². The van der Waals surface area contributed by atoms with E-state index in [4.69, 9.17) is 9.15 Å². The summed E-state index contributed by atoms with van der Waals surface area (Å²) in [6.45, 7) is -0.344. The summed E-state index contributed by atoms with van der Waals surface area (Å²) >= 11 is 0. The molecule has 3 aromatic rings. The monoisotopic (exact) mass is 438 g/mol. The summed E-state index contributed by atoms with van der Waals surface area (Å²) in [7, 11) is 0. The zero-order valence-corrected chi connectivity index (χ0v) is 16.6. The quantitative estimate of drug-likeness (QED) is 0.359. The number of nitro groups is 1. The smallest absolute Gasteiger partial charge is 0.305 e. The number of nitro benzene ring substituents is 1. The summed E-state index contributed by atoms with van der Waals surface area (Å²) < 4.78 is 10.9. The molecule has 1 aromatic heterocycles. The van der Waals surface area contributed by atoms with Gasteiger partial charge < -0.3 is 14.5 Å². The lowest BCUT2D eigenvalue weighted by Crippen LogP contribution is -2.46. The van der Waals surface area contributed by atoms with Crippen molar-refractivity contribution >= 4 is 23.4 Å². The number of ether oxygens (including phenoxy) is 1. The minimum atomic E-state index is -0.712. The molecule has 0 aliphatic carbocycles. The highest BCUT2D eigenvalue weighted by atomic mass is 16.6. The molecule has 0 radical (unpaired) electrons. The van der Waals surface area contributed by atoms with E-state index in [-0.39, 0.29) is 23.6 Å². The Morgan fingerprint density at radius 1 is 0.938 bits per heavy atom. The Morgan fingerprint density at radius 3 is 2.47 bits per heavy atom. The van der Waals surface area contributed by atoms with E-state index in [0.717, 1.165) is 6.07 Å². The maximum Gasteiger partial charge on any atom is 0.305 e. The lowest BCUT2D eigenvalue weighted by atomic mass is 10.2. The molecule has 3 N–H and O–H groups in total. The molecule has 0 unspecified atom stereocenters. The second-order valence-corrected chi connectivity index (χ2v) is 6.36. The molecule has 32 heavy (non-hydrogen) atoms. The standard InChI is InChI=1S/C21H18N4O7/c26-19(12-22-20(27)14-5-4-6-15(11-14)25(29)30)23-24-21(28)18-10-9-17(32-18)13-31-16-7-2-1-3-8-16/h1-11H,12-13H2,(H,22,27)(H,23,26)(H,24,28). The Labute approximate surface area is 181 Å². The number of hydrazine groups is 1. The van der Waals surface area contributed by atoms with Gasteiger partial charge in [-0.3, -0.25) is 35.3 Å². The number of carbonyl (C=O) groups is 3. The Morgan fingerprint density at radius 2 is 1.72 bits per heavy atom. The highest BCUT2D eigenvalue weighted by molar-refractivity contribution is 5.97. The predicted molar refractivity (Wildman–Crippen MR) is 111 cm³/mol. The molecule has 164 valence electrons. The second-order valence-electron chi connectivity index (χ2n) is 6.36. The molecule has 0 spiro atoms. The molecule has 3 rings (SSSR count). The number of para-hydroxylation sites is 1. The third-order valence-corrected chi connectivity index (χ3v) is 4.05. The van der Waals surface area contributed by atoms with Crippen LogP contribution in [-0.4, -0.2) is 29.2 Å². The highest BCUT2D eigenvalue weighted by Gasteiger charge is 2.15. The van der Waals surface area contributed by atoms with Crippen molar-refractivity contribution in [3.05, 3.63) is 93.9 Å². The molecular weight excluding hydrogens is 420 g/mol. The van der Waals surface area contributed by atoms with Crippen molar-refractivity contribution in [2.24, 2.45) is 0 Å². The lowest BCUT2D eigenvalue weighted by Gasteiger charge is -2.07. The van der Waals surface area contributed by atoms with Gasteiger partial charge in [0.15, 0.2) is 5.76 Å². The number of hydrogen-bond donors (Lipinski definition) is 3. The van der Waals surface area contributed by atoms with Crippen molar-refractivity contribution in [2.75, 3.05) is 6.54 Å². The van der Waals surface area contributed by atoms with Crippen LogP contribution in [0, 0.1) is 10.1 Å². The van der Waals surface area contributed by atoms with Crippen LogP contribution in [0.2, 0.25) is 0 Å². The fourth-order valence-corrected chi connectivity index (χ4v) is 2.50. The largest absolute Gasteiger partial charge is 0.486 e. The molecule has 3 amide bonds. The average molecular weight is 438 g/mol. The number of benzene rings is 2. The van der Waals surface area contributed by atoms with Crippen LogP contribution in [0.25, 0.3) is 0 Å². The second kappa shape index (κ2) is 10.4. The molecular formula is C21H18N4O7. The SMILES string of the molecule is O=C(CNC(=O)c1cccc([N+](=O)[O-])c1)NNC(=O)c1ccc(COc2ccccc2)o1. The van der Waals surface area contributed by atoms with Crippen molar-refractivity contribution in [3.8, 4) is 5.75 Å². The maximum absolute atomic E-state index is 12.1. The number of rotatable bonds is 8. The van der Waals surface area contributed by atoms with Crippen molar-refractivity contribution in [1.29, 1.82) is 0 Å². The van der Waals surface area contributed by atoms with E-state index in [1.165, 1.54) is 24.3 Å². The minimum absolute atomic E-state index is 0.0249. The van der Waals surface area contributed by atoms with Gasteiger partial charge in [-0.1, -0.05) is 24.3 Å². The number of furan rings is 1. The van der Waals surface area contributed by atoms with Crippen molar-refractivity contribution in [1.82, 2.24) is 16.2 Å². The maximum atomic E-state index is 12.1. The Bertz CT molecular complexity index is 1130. The van der Waals surface area contributed by atoms with E-state index < -0.39 is 29.2 Å². The number of carbonyl (C=O) groups excluding carboxylic acids is 3. The first kappa shape index (κ1) is 22.0. The van der Waals surface area contributed by atoms with Gasteiger partial charge in [0.2, 0.25) is 0 Å². The number of amides is 3. The Balaban J connectivity index is 1.42. The van der Waals surface area contributed by atoms with Crippen LogP contribution in [0.4, 0.5) is 5.69 Å². The van der Waals surface area contributed by atoms with E-state index in [9.17, 15) is 24.5 Å². The fraction of sp³-hybridized carbons (Fsp3) is 0.0952. The van der Waals surface area contributed by atoms with Gasteiger partial charge in [0, 0.05) is 17.7 Å². The van der Waals surface area contributed by atoms with Crippen LogP contribution >= 0.6 is 0 Å². The zero-order chi connectivity index (χ0) is 22.9. The number of non-ortho nitro benzene ring substituents is 1. The van der Waals surface area contributed by atoms with Crippen molar-refractivity contribution < 1.29 is 28.5 Å². The molecule has 0 aliphatic heterocycles. The average Bonchev–Trinajstić information content (AvgIpc) is 3.29. The molecule has 0 saturated heterocycles. The first-order valence-corrected chi connectivity index (χ1v) is 9.31.